The first-order valence-electron chi connectivity index (χ1n) is 7.35. The van der Waals surface area contributed by atoms with E-state index in [2.05, 4.69) is 17.1 Å². The lowest BCUT2D eigenvalue weighted by molar-refractivity contribution is -0.0847. The molecule has 2 N–H and O–H groups in total. The maximum atomic E-state index is 6.11. The van der Waals surface area contributed by atoms with Crippen LogP contribution in [0.25, 0.3) is 0 Å². The summed E-state index contributed by atoms with van der Waals surface area (Å²) in [6.45, 7) is 4.98. The van der Waals surface area contributed by atoms with Gasteiger partial charge in [0.2, 0.25) is 11.7 Å². The number of hydrogen-bond acceptors (Lipinski definition) is 5. The van der Waals surface area contributed by atoms with Crippen LogP contribution in [-0.2, 0) is 15.9 Å². The second kappa shape index (κ2) is 4.56. The van der Waals surface area contributed by atoms with E-state index in [1.165, 1.54) is 0 Å². The summed E-state index contributed by atoms with van der Waals surface area (Å²) < 4.78 is 11.4. The molecule has 1 heterocycles. The zero-order valence-corrected chi connectivity index (χ0v) is 11.8. The number of rotatable bonds is 4. The normalized spacial score (nSPS) is 33.3. The number of nitrogens with zero attached hydrogens (tertiary/aromatic N) is 2. The van der Waals surface area contributed by atoms with E-state index in [1.54, 1.807) is 0 Å². The van der Waals surface area contributed by atoms with Crippen molar-refractivity contribution in [3.63, 3.8) is 0 Å². The van der Waals surface area contributed by atoms with Crippen LogP contribution in [0.4, 0.5) is 0 Å². The third kappa shape index (κ3) is 2.30. The highest BCUT2D eigenvalue weighted by Crippen LogP contribution is 2.45. The molecule has 0 aliphatic heterocycles. The third-order valence-corrected chi connectivity index (χ3v) is 4.55. The molecule has 0 bridgehead atoms. The molecular weight excluding hydrogens is 242 g/mol. The van der Waals surface area contributed by atoms with E-state index >= 15 is 0 Å². The van der Waals surface area contributed by atoms with Crippen LogP contribution in [0.2, 0.25) is 0 Å². The Morgan fingerprint density at radius 2 is 2.00 bits per heavy atom. The van der Waals surface area contributed by atoms with Crippen molar-refractivity contribution in [1.29, 1.82) is 0 Å². The molecule has 19 heavy (non-hydrogen) atoms. The minimum atomic E-state index is -0.361. The zero-order valence-electron chi connectivity index (χ0n) is 11.8. The highest BCUT2D eigenvalue weighted by Gasteiger charge is 2.48. The van der Waals surface area contributed by atoms with E-state index in [-0.39, 0.29) is 11.1 Å². The fraction of sp³-hybridized carbons (Fsp3) is 0.857. The molecule has 2 fully saturated rings. The van der Waals surface area contributed by atoms with Gasteiger partial charge in [0.05, 0.1) is 5.54 Å². The highest BCUT2D eigenvalue weighted by molar-refractivity contribution is 5.14. The van der Waals surface area contributed by atoms with Crippen LogP contribution in [0.5, 0.6) is 0 Å². The standard InChI is InChI=1S/C14H23N3O2/c1-3-18-14(6-4-10(2)5-7-14)11-16-12(19-17-11)13(15)8-9-13/h10H,3-9,15H2,1-2H3. The van der Waals surface area contributed by atoms with Crippen LogP contribution in [-0.4, -0.2) is 16.7 Å². The molecule has 3 rings (SSSR count). The van der Waals surface area contributed by atoms with Crippen molar-refractivity contribution in [3.05, 3.63) is 11.7 Å². The molecule has 0 saturated heterocycles. The Morgan fingerprint density at radius 1 is 1.32 bits per heavy atom. The van der Waals surface area contributed by atoms with Crippen LogP contribution in [0.15, 0.2) is 4.52 Å². The van der Waals surface area contributed by atoms with Gasteiger partial charge in [-0.1, -0.05) is 12.1 Å². The Bertz CT molecular complexity index is 445. The van der Waals surface area contributed by atoms with E-state index in [0.29, 0.717) is 18.3 Å². The van der Waals surface area contributed by atoms with Crippen molar-refractivity contribution in [2.24, 2.45) is 11.7 Å². The molecule has 0 unspecified atom stereocenters. The Balaban J connectivity index is 1.85. The van der Waals surface area contributed by atoms with Gasteiger partial charge in [-0.2, -0.15) is 4.98 Å². The molecule has 2 aliphatic carbocycles. The molecule has 0 radical (unpaired) electrons. The Labute approximate surface area is 113 Å². The first kappa shape index (κ1) is 13.1. The van der Waals surface area contributed by atoms with E-state index in [1.807, 2.05) is 6.92 Å². The van der Waals surface area contributed by atoms with Gasteiger partial charge in [-0.05, 0) is 51.4 Å². The van der Waals surface area contributed by atoms with Crippen LogP contribution < -0.4 is 5.73 Å². The van der Waals surface area contributed by atoms with Crippen molar-refractivity contribution in [3.8, 4) is 0 Å². The molecule has 5 nitrogen and oxygen atoms in total. The average Bonchev–Trinajstić information content (AvgIpc) is 2.95. The molecule has 5 heteroatoms. The van der Waals surface area contributed by atoms with Gasteiger partial charge in [0.15, 0.2) is 0 Å². The highest BCUT2D eigenvalue weighted by atomic mass is 16.5. The maximum absolute atomic E-state index is 6.11. The lowest BCUT2D eigenvalue weighted by Gasteiger charge is -2.36. The lowest BCUT2D eigenvalue weighted by Crippen LogP contribution is -2.35. The second-order valence-electron chi connectivity index (χ2n) is 6.19. The smallest absolute Gasteiger partial charge is 0.246 e. The molecule has 0 atom stereocenters. The molecule has 0 spiro atoms. The minimum Gasteiger partial charge on any atom is -0.367 e. The molecular formula is C14H23N3O2. The summed E-state index contributed by atoms with van der Waals surface area (Å²) in [6.07, 6.45) is 6.12. The van der Waals surface area contributed by atoms with Gasteiger partial charge in [0.1, 0.15) is 5.60 Å². The van der Waals surface area contributed by atoms with Crippen LogP contribution in [0.3, 0.4) is 0 Å². The fourth-order valence-corrected chi connectivity index (χ4v) is 2.90. The predicted octanol–water partition coefficient (Wildman–Crippen LogP) is 2.46. The second-order valence-corrected chi connectivity index (χ2v) is 6.19. The summed E-state index contributed by atoms with van der Waals surface area (Å²) in [5.41, 5.74) is 5.40. The number of ether oxygens (including phenoxy) is 1. The van der Waals surface area contributed by atoms with E-state index in [0.717, 1.165) is 44.4 Å². The largest absolute Gasteiger partial charge is 0.367 e. The van der Waals surface area contributed by atoms with Crippen LogP contribution >= 0.6 is 0 Å². The van der Waals surface area contributed by atoms with Crippen LogP contribution in [0, 0.1) is 5.92 Å². The van der Waals surface area contributed by atoms with Crippen molar-refractivity contribution >= 4 is 0 Å². The Hall–Kier alpha value is -0.940. The molecule has 0 amide bonds. The van der Waals surface area contributed by atoms with Crippen molar-refractivity contribution in [2.45, 2.75) is 63.5 Å². The predicted molar refractivity (Wildman–Crippen MR) is 70.3 cm³/mol. The number of nitrogens with two attached hydrogens (primary N) is 1. The first-order valence-corrected chi connectivity index (χ1v) is 7.35. The Morgan fingerprint density at radius 3 is 2.58 bits per heavy atom. The van der Waals surface area contributed by atoms with Gasteiger partial charge < -0.3 is 15.0 Å². The monoisotopic (exact) mass is 265 g/mol. The van der Waals surface area contributed by atoms with Gasteiger partial charge in [-0.3, -0.25) is 0 Å². The van der Waals surface area contributed by atoms with Gasteiger partial charge in [-0.25, -0.2) is 0 Å². The topological polar surface area (TPSA) is 74.2 Å². The number of hydrogen-bond donors (Lipinski definition) is 1. The SMILES string of the molecule is CCOC1(c2noc(C3(N)CC3)n2)CCC(C)CC1. The van der Waals surface area contributed by atoms with Gasteiger partial charge >= 0.3 is 0 Å². The molecule has 106 valence electrons. The molecule has 2 saturated carbocycles. The van der Waals surface area contributed by atoms with Gasteiger partial charge in [0, 0.05) is 6.61 Å². The minimum absolute atomic E-state index is 0.353. The third-order valence-electron chi connectivity index (χ3n) is 4.55. The van der Waals surface area contributed by atoms with Gasteiger partial charge in [-0.15, -0.1) is 0 Å². The number of aromatic nitrogens is 2. The fourth-order valence-electron chi connectivity index (χ4n) is 2.90. The summed E-state index contributed by atoms with van der Waals surface area (Å²) in [6, 6.07) is 0. The molecule has 1 aromatic heterocycles. The summed E-state index contributed by atoms with van der Waals surface area (Å²) >= 11 is 0. The van der Waals surface area contributed by atoms with Crippen LogP contribution in [0.1, 0.15) is 64.1 Å². The zero-order chi connectivity index (χ0) is 13.5. The lowest BCUT2D eigenvalue weighted by atomic mass is 9.79. The van der Waals surface area contributed by atoms with E-state index in [9.17, 15) is 0 Å². The van der Waals surface area contributed by atoms with Gasteiger partial charge in [0.25, 0.3) is 0 Å². The quantitative estimate of drug-likeness (QED) is 0.905. The average molecular weight is 265 g/mol. The summed E-state index contributed by atoms with van der Waals surface area (Å²) in [4.78, 5) is 4.56. The summed E-state index contributed by atoms with van der Waals surface area (Å²) in [5, 5.41) is 4.17. The van der Waals surface area contributed by atoms with Crippen molar-refractivity contribution in [1.82, 2.24) is 10.1 Å². The molecule has 2 aliphatic rings. The van der Waals surface area contributed by atoms with Crippen molar-refractivity contribution < 1.29 is 9.26 Å². The first-order chi connectivity index (χ1) is 9.08. The summed E-state index contributed by atoms with van der Waals surface area (Å²) in [5.74, 6) is 2.04. The molecule has 1 aromatic rings. The molecule has 0 aromatic carbocycles. The summed E-state index contributed by atoms with van der Waals surface area (Å²) in [7, 11) is 0. The van der Waals surface area contributed by atoms with Crippen molar-refractivity contribution in [2.75, 3.05) is 6.61 Å². The van der Waals surface area contributed by atoms with E-state index in [4.69, 9.17) is 15.0 Å². The maximum Gasteiger partial charge on any atom is 0.246 e. The Kier molecular flexibility index (Phi) is 3.14. The van der Waals surface area contributed by atoms with E-state index < -0.39 is 0 Å².